The summed E-state index contributed by atoms with van der Waals surface area (Å²) in [7, 11) is 0. The van der Waals surface area contributed by atoms with Crippen LogP contribution in [0.3, 0.4) is 0 Å². The van der Waals surface area contributed by atoms with Crippen LogP contribution in [0.25, 0.3) is 20.8 Å². The van der Waals surface area contributed by atoms with Gasteiger partial charge in [0.2, 0.25) is 0 Å². The first-order chi connectivity index (χ1) is 15.3. The molecular weight excluding hydrogens is 468 g/mol. The minimum absolute atomic E-state index is 0.0460. The number of aromatic nitrogens is 1. The number of anilines is 1. The molecule has 2 N–H and O–H groups in total. The van der Waals surface area contributed by atoms with Gasteiger partial charge in [0.25, 0.3) is 11.6 Å². The molecule has 0 aliphatic heterocycles. The van der Waals surface area contributed by atoms with Crippen LogP contribution >= 0.6 is 35.2 Å². The van der Waals surface area contributed by atoms with Gasteiger partial charge in [-0.3, -0.25) is 20.2 Å². The number of nitrogens with zero attached hydrogens (tertiary/aromatic N) is 2. The predicted octanol–water partition coefficient (Wildman–Crippen LogP) is 5.96. The van der Waals surface area contributed by atoms with Gasteiger partial charge in [-0.15, -0.1) is 11.3 Å². The van der Waals surface area contributed by atoms with Crippen molar-refractivity contribution in [2.45, 2.75) is 6.92 Å². The van der Waals surface area contributed by atoms with Crippen molar-refractivity contribution >= 4 is 67.8 Å². The number of fused-ring (bicyclic) bond motifs is 1. The SMILES string of the molecule is Cc1c(C(=O)NC(=S)Nc2ccc(-c3nc4ccccc4s3)c(Cl)c2)cccc1[N+](=O)[O-]. The van der Waals surface area contributed by atoms with Crippen molar-refractivity contribution < 1.29 is 9.72 Å². The van der Waals surface area contributed by atoms with Crippen molar-refractivity contribution in [3.63, 3.8) is 0 Å². The zero-order chi connectivity index (χ0) is 22.8. The number of hydrogen-bond donors (Lipinski definition) is 2. The van der Waals surface area contributed by atoms with E-state index in [1.165, 1.54) is 25.1 Å². The molecule has 0 aliphatic rings. The molecule has 0 unspecified atom stereocenters. The average molecular weight is 483 g/mol. The van der Waals surface area contributed by atoms with Gasteiger partial charge in [0, 0.05) is 28.4 Å². The van der Waals surface area contributed by atoms with E-state index in [1.54, 1.807) is 23.5 Å². The Morgan fingerprint density at radius 2 is 1.94 bits per heavy atom. The minimum atomic E-state index is -0.541. The molecule has 1 amide bonds. The van der Waals surface area contributed by atoms with E-state index in [0.29, 0.717) is 10.7 Å². The highest BCUT2D eigenvalue weighted by Crippen LogP contribution is 2.35. The largest absolute Gasteiger partial charge is 0.332 e. The lowest BCUT2D eigenvalue weighted by Crippen LogP contribution is -2.34. The molecule has 0 spiro atoms. The van der Waals surface area contributed by atoms with Crippen LogP contribution in [0.1, 0.15) is 15.9 Å². The van der Waals surface area contributed by atoms with Crippen LogP contribution in [0.2, 0.25) is 5.02 Å². The fraction of sp³-hybridized carbons (Fsp3) is 0.0455. The fourth-order valence-corrected chi connectivity index (χ4v) is 4.70. The minimum Gasteiger partial charge on any atom is -0.332 e. The number of nitro groups is 1. The Morgan fingerprint density at radius 1 is 1.16 bits per heavy atom. The molecule has 0 fully saturated rings. The number of carbonyl (C=O) groups excluding carboxylic acids is 1. The first kappa shape index (κ1) is 21.8. The van der Waals surface area contributed by atoms with Crippen molar-refractivity contribution in [2.75, 3.05) is 5.32 Å². The smallest absolute Gasteiger partial charge is 0.273 e. The molecule has 3 aromatic carbocycles. The van der Waals surface area contributed by atoms with E-state index in [1.807, 2.05) is 30.3 Å². The number of benzene rings is 3. The van der Waals surface area contributed by atoms with Crippen LogP contribution in [-0.4, -0.2) is 20.9 Å². The second-order valence-corrected chi connectivity index (χ2v) is 8.64. The Kier molecular flexibility index (Phi) is 6.13. The Labute approximate surface area is 197 Å². The standard InChI is InChI=1S/C22H15ClN4O3S2/c1-12-14(5-4-7-18(12)27(29)30)20(28)26-22(31)24-13-9-10-15(16(23)11-13)21-25-17-6-2-3-8-19(17)32-21/h2-11H,1H3,(H2,24,26,28,31). The number of thiocarbonyl (C=S) groups is 1. The van der Waals surface area contributed by atoms with Gasteiger partial charge >= 0.3 is 0 Å². The van der Waals surface area contributed by atoms with Gasteiger partial charge in [0.15, 0.2) is 5.11 Å². The van der Waals surface area contributed by atoms with E-state index in [9.17, 15) is 14.9 Å². The summed E-state index contributed by atoms with van der Waals surface area (Å²) in [5, 5.41) is 17.9. The average Bonchev–Trinajstić information content (AvgIpc) is 3.17. The first-order valence-corrected chi connectivity index (χ1v) is 11.0. The molecule has 0 saturated carbocycles. The highest BCUT2D eigenvalue weighted by molar-refractivity contribution is 7.80. The molecular formula is C22H15ClN4O3S2. The number of thiazole rings is 1. The number of para-hydroxylation sites is 1. The molecule has 10 heteroatoms. The van der Waals surface area contributed by atoms with Gasteiger partial charge in [-0.05, 0) is 55.5 Å². The molecule has 4 rings (SSSR count). The van der Waals surface area contributed by atoms with Crippen molar-refractivity contribution in [2.24, 2.45) is 0 Å². The molecule has 0 saturated heterocycles. The van der Waals surface area contributed by atoms with Gasteiger partial charge in [0.05, 0.1) is 20.2 Å². The van der Waals surface area contributed by atoms with Gasteiger partial charge in [-0.1, -0.05) is 29.8 Å². The van der Waals surface area contributed by atoms with Gasteiger partial charge < -0.3 is 5.32 Å². The topological polar surface area (TPSA) is 97.2 Å². The number of carbonyl (C=O) groups is 1. The molecule has 1 aromatic heterocycles. The lowest BCUT2D eigenvalue weighted by Gasteiger charge is -2.12. The molecule has 4 aromatic rings. The summed E-state index contributed by atoms with van der Waals surface area (Å²) >= 11 is 13.2. The molecule has 0 bridgehead atoms. The maximum Gasteiger partial charge on any atom is 0.273 e. The summed E-state index contributed by atoms with van der Waals surface area (Å²) in [5.74, 6) is -0.541. The molecule has 0 radical (unpaired) electrons. The van der Waals surface area contributed by atoms with E-state index in [2.05, 4.69) is 15.6 Å². The summed E-state index contributed by atoms with van der Waals surface area (Å²) in [6, 6.07) is 17.5. The van der Waals surface area contributed by atoms with Crippen molar-refractivity contribution in [3.05, 3.63) is 86.9 Å². The summed E-state index contributed by atoms with van der Waals surface area (Å²) in [6.07, 6.45) is 0. The van der Waals surface area contributed by atoms with Crippen molar-refractivity contribution in [1.82, 2.24) is 10.3 Å². The summed E-state index contributed by atoms with van der Waals surface area (Å²) in [4.78, 5) is 27.7. The van der Waals surface area contributed by atoms with Gasteiger partial charge in [0.1, 0.15) is 5.01 Å². The highest BCUT2D eigenvalue weighted by Gasteiger charge is 2.19. The third-order valence-electron chi connectivity index (χ3n) is 4.72. The van der Waals surface area contributed by atoms with Crippen LogP contribution in [0.5, 0.6) is 0 Å². The molecule has 0 atom stereocenters. The number of nitro benzene ring substituents is 1. The number of halogens is 1. The van der Waals surface area contributed by atoms with Crippen LogP contribution in [0.4, 0.5) is 11.4 Å². The van der Waals surface area contributed by atoms with Gasteiger partial charge in [-0.25, -0.2) is 4.98 Å². The summed E-state index contributed by atoms with van der Waals surface area (Å²) in [6.45, 7) is 1.52. The second-order valence-electron chi connectivity index (χ2n) is 6.80. The lowest BCUT2D eigenvalue weighted by molar-refractivity contribution is -0.385. The number of nitrogens with one attached hydrogen (secondary N) is 2. The zero-order valence-corrected chi connectivity index (χ0v) is 19.0. The van der Waals surface area contributed by atoms with E-state index in [4.69, 9.17) is 23.8 Å². The highest BCUT2D eigenvalue weighted by atomic mass is 35.5. The number of amides is 1. The summed E-state index contributed by atoms with van der Waals surface area (Å²) < 4.78 is 1.07. The predicted molar refractivity (Wildman–Crippen MR) is 132 cm³/mol. The molecule has 32 heavy (non-hydrogen) atoms. The maximum absolute atomic E-state index is 12.5. The van der Waals surface area contributed by atoms with Gasteiger partial charge in [-0.2, -0.15) is 0 Å². The Hall–Kier alpha value is -3.40. The van der Waals surface area contributed by atoms with E-state index < -0.39 is 10.8 Å². The molecule has 0 aliphatic carbocycles. The maximum atomic E-state index is 12.5. The summed E-state index contributed by atoms with van der Waals surface area (Å²) in [5.41, 5.74) is 2.59. The zero-order valence-electron chi connectivity index (χ0n) is 16.6. The van der Waals surface area contributed by atoms with E-state index in [-0.39, 0.29) is 21.9 Å². The van der Waals surface area contributed by atoms with E-state index >= 15 is 0 Å². The van der Waals surface area contributed by atoms with Crippen molar-refractivity contribution in [1.29, 1.82) is 0 Å². The normalized spacial score (nSPS) is 10.7. The number of rotatable bonds is 4. The van der Waals surface area contributed by atoms with E-state index in [0.717, 1.165) is 20.8 Å². The Balaban J connectivity index is 1.48. The quantitative estimate of drug-likeness (QED) is 0.211. The first-order valence-electron chi connectivity index (χ1n) is 9.35. The molecule has 1 heterocycles. The van der Waals surface area contributed by atoms with Crippen molar-refractivity contribution in [3.8, 4) is 10.6 Å². The Morgan fingerprint density at radius 3 is 2.66 bits per heavy atom. The molecule has 7 nitrogen and oxygen atoms in total. The Bertz CT molecular complexity index is 1350. The molecule has 160 valence electrons. The monoisotopic (exact) mass is 482 g/mol. The van der Waals surface area contributed by atoms with Crippen LogP contribution in [0.15, 0.2) is 60.7 Å². The van der Waals surface area contributed by atoms with Crippen LogP contribution < -0.4 is 10.6 Å². The number of hydrogen-bond acceptors (Lipinski definition) is 6. The third-order valence-corrected chi connectivity index (χ3v) is 6.31. The van der Waals surface area contributed by atoms with Crippen LogP contribution in [-0.2, 0) is 0 Å². The second kappa shape index (κ2) is 8.99. The third kappa shape index (κ3) is 4.45. The fourth-order valence-electron chi connectivity index (χ4n) is 3.15. The lowest BCUT2D eigenvalue weighted by atomic mass is 10.1. The van der Waals surface area contributed by atoms with Crippen LogP contribution in [0, 0.1) is 17.0 Å².